The number of aliphatic hydroxyl groups excluding tert-OH is 1. The van der Waals surface area contributed by atoms with E-state index in [1.165, 1.54) is 24.1 Å². The number of anilines is 1. The van der Waals surface area contributed by atoms with Crippen LogP contribution in [0.2, 0.25) is 0 Å². The number of aromatic nitrogens is 2. The van der Waals surface area contributed by atoms with Gasteiger partial charge >= 0.3 is 5.69 Å². The van der Waals surface area contributed by atoms with Crippen LogP contribution in [-0.2, 0) is 7.05 Å². The Labute approximate surface area is 125 Å². The lowest BCUT2D eigenvalue weighted by molar-refractivity contribution is -0.386. The molecular formula is C13H15FN4O4. The van der Waals surface area contributed by atoms with E-state index in [2.05, 4.69) is 10.4 Å². The largest absolute Gasteiger partial charge is 0.497 e. The minimum absolute atomic E-state index is 0.0425. The van der Waals surface area contributed by atoms with E-state index < -0.39 is 22.5 Å². The first-order valence-electron chi connectivity index (χ1n) is 6.34. The molecule has 9 heteroatoms. The van der Waals surface area contributed by atoms with Gasteiger partial charge in [0.2, 0.25) is 5.82 Å². The third-order valence-corrected chi connectivity index (χ3v) is 3.05. The van der Waals surface area contributed by atoms with Gasteiger partial charge in [-0.2, -0.15) is 9.49 Å². The topological polar surface area (TPSA) is 102 Å². The predicted octanol–water partition coefficient (Wildman–Crippen LogP) is 1.62. The standard InChI is InChI=1S/C13H15FN4O4/c1-17-7-8(5-16-17)12(19)6-15-11-4-9(22-2)3-10(14)13(11)18(20)21/h3-5,7,12,15,19H,6H2,1-2H3. The van der Waals surface area contributed by atoms with Crippen molar-refractivity contribution in [2.75, 3.05) is 19.0 Å². The maximum Gasteiger partial charge on any atom is 0.327 e. The Hall–Kier alpha value is -2.68. The van der Waals surface area contributed by atoms with Crippen molar-refractivity contribution in [3.63, 3.8) is 0 Å². The van der Waals surface area contributed by atoms with Gasteiger partial charge in [0.15, 0.2) is 0 Å². The van der Waals surface area contributed by atoms with E-state index in [-0.39, 0.29) is 18.0 Å². The van der Waals surface area contributed by atoms with Crippen molar-refractivity contribution in [2.45, 2.75) is 6.10 Å². The third kappa shape index (κ3) is 3.31. The average molecular weight is 310 g/mol. The second-order valence-electron chi connectivity index (χ2n) is 4.61. The Bertz CT molecular complexity index is 689. The summed E-state index contributed by atoms with van der Waals surface area (Å²) in [5.74, 6) is -0.871. The maximum absolute atomic E-state index is 13.8. The van der Waals surface area contributed by atoms with Crippen molar-refractivity contribution in [1.82, 2.24) is 9.78 Å². The van der Waals surface area contributed by atoms with Gasteiger partial charge in [-0.25, -0.2) is 0 Å². The van der Waals surface area contributed by atoms with Crippen molar-refractivity contribution in [3.05, 3.63) is 46.0 Å². The summed E-state index contributed by atoms with van der Waals surface area (Å²) in [7, 11) is 3.03. The SMILES string of the molecule is COc1cc(F)c([N+](=O)[O-])c(NCC(O)c2cnn(C)c2)c1. The molecule has 2 rings (SSSR count). The van der Waals surface area contributed by atoms with Crippen LogP contribution in [-0.4, -0.2) is 33.5 Å². The number of benzene rings is 1. The van der Waals surface area contributed by atoms with E-state index in [0.717, 1.165) is 6.07 Å². The molecule has 1 aromatic carbocycles. The van der Waals surface area contributed by atoms with Gasteiger partial charge < -0.3 is 15.2 Å². The summed E-state index contributed by atoms with van der Waals surface area (Å²) in [5.41, 5.74) is -0.218. The Morgan fingerprint density at radius 1 is 1.59 bits per heavy atom. The molecule has 0 amide bonds. The molecule has 0 radical (unpaired) electrons. The molecule has 1 unspecified atom stereocenters. The number of nitro benzene ring substituents is 1. The van der Waals surface area contributed by atoms with E-state index in [0.29, 0.717) is 5.56 Å². The first kappa shape index (κ1) is 15.7. The predicted molar refractivity (Wildman–Crippen MR) is 76.3 cm³/mol. The lowest BCUT2D eigenvalue weighted by Crippen LogP contribution is -2.13. The number of aliphatic hydroxyl groups is 1. The summed E-state index contributed by atoms with van der Waals surface area (Å²) in [6, 6.07) is 2.23. The van der Waals surface area contributed by atoms with Crippen LogP contribution in [0.1, 0.15) is 11.7 Å². The van der Waals surface area contributed by atoms with Gasteiger partial charge in [0.25, 0.3) is 0 Å². The van der Waals surface area contributed by atoms with Crippen molar-refractivity contribution in [2.24, 2.45) is 7.05 Å². The van der Waals surface area contributed by atoms with Crippen LogP contribution < -0.4 is 10.1 Å². The van der Waals surface area contributed by atoms with Gasteiger partial charge in [0.1, 0.15) is 11.4 Å². The Morgan fingerprint density at radius 3 is 2.86 bits per heavy atom. The highest BCUT2D eigenvalue weighted by atomic mass is 19.1. The maximum atomic E-state index is 13.8. The molecule has 2 N–H and O–H groups in total. The van der Waals surface area contributed by atoms with Gasteiger partial charge in [-0.3, -0.25) is 14.8 Å². The monoisotopic (exact) mass is 310 g/mol. The van der Waals surface area contributed by atoms with E-state index >= 15 is 0 Å². The van der Waals surface area contributed by atoms with E-state index in [1.807, 2.05) is 0 Å². The minimum atomic E-state index is -1.01. The molecule has 8 nitrogen and oxygen atoms in total. The number of nitro groups is 1. The van der Waals surface area contributed by atoms with Gasteiger partial charge in [-0.05, 0) is 0 Å². The molecule has 0 aliphatic rings. The fourth-order valence-corrected chi connectivity index (χ4v) is 1.95. The number of halogens is 1. The number of hydrogen-bond donors (Lipinski definition) is 2. The first-order valence-corrected chi connectivity index (χ1v) is 6.34. The van der Waals surface area contributed by atoms with Crippen molar-refractivity contribution >= 4 is 11.4 Å². The van der Waals surface area contributed by atoms with Crippen molar-refractivity contribution in [3.8, 4) is 5.75 Å². The van der Waals surface area contributed by atoms with Crippen LogP contribution in [0.25, 0.3) is 0 Å². The van der Waals surface area contributed by atoms with Crippen LogP contribution in [0.5, 0.6) is 5.75 Å². The summed E-state index contributed by atoms with van der Waals surface area (Å²) >= 11 is 0. The zero-order chi connectivity index (χ0) is 16.3. The molecule has 0 saturated carbocycles. The van der Waals surface area contributed by atoms with E-state index in [1.54, 1.807) is 13.2 Å². The number of nitrogens with one attached hydrogen (secondary N) is 1. The van der Waals surface area contributed by atoms with Crippen molar-refractivity contribution < 1.29 is 19.2 Å². The fourth-order valence-electron chi connectivity index (χ4n) is 1.95. The van der Waals surface area contributed by atoms with Crippen LogP contribution in [0.3, 0.4) is 0 Å². The van der Waals surface area contributed by atoms with Gasteiger partial charge in [-0.1, -0.05) is 0 Å². The zero-order valence-electron chi connectivity index (χ0n) is 12.0. The molecule has 1 heterocycles. The van der Waals surface area contributed by atoms with E-state index in [9.17, 15) is 19.6 Å². The molecule has 0 fully saturated rings. The van der Waals surface area contributed by atoms with Gasteiger partial charge in [0, 0.05) is 37.5 Å². The molecule has 1 aromatic heterocycles. The lowest BCUT2D eigenvalue weighted by Gasteiger charge is -2.12. The normalized spacial score (nSPS) is 12.0. The summed E-state index contributed by atoms with van der Waals surface area (Å²) in [6.45, 7) is -0.0425. The molecule has 0 aliphatic heterocycles. The molecule has 22 heavy (non-hydrogen) atoms. The highest BCUT2D eigenvalue weighted by Crippen LogP contribution is 2.32. The molecule has 118 valence electrons. The molecule has 0 bridgehead atoms. The summed E-state index contributed by atoms with van der Waals surface area (Å²) in [4.78, 5) is 10.1. The Morgan fingerprint density at radius 2 is 2.32 bits per heavy atom. The molecular weight excluding hydrogens is 295 g/mol. The molecule has 2 aromatic rings. The van der Waals surface area contributed by atoms with Gasteiger partial charge in [-0.15, -0.1) is 0 Å². The highest BCUT2D eigenvalue weighted by Gasteiger charge is 2.23. The molecule has 0 spiro atoms. The Balaban J connectivity index is 2.21. The second-order valence-corrected chi connectivity index (χ2v) is 4.61. The van der Waals surface area contributed by atoms with Gasteiger partial charge in [0.05, 0.1) is 24.3 Å². The Kier molecular flexibility index (Phi) is 4.56. The number of aryl methyl sites for hydroxylation is 1. The van der Waals surface area contributed by atoms with Crippen LogP contribution in [0.4, 0.5) is 15.8 Å². The number of rotatable bonds is 6. The molecule has 0 saturated heterocycles. The smallest absolute Gasteiger partial charge is 0.327 e. The lowest BCUT2D eigenvalue weighted by atomic mass is 10.2. The van der Waals surface area contributed by atoms with E-state index in [4.69, 9.17) is 4.74 Å². The molecule has 1 atom stereocenters. The average Bonchev–Trinajstić information content (AvgIpc) is 2.90. The summed E-state index contributed by atoms with van der Waals surface area (Å²) in [6.07, 6.45) is 2.15. The third-order valence-electron chi connectivity index (χ3n) is 3.05. The van der Waals surface area contributed by atoms with Crippen LogP contribution in [0.15, 0.2) is 24.5 Å². The number of ether oxygens (including phenoxy) is 1. The minimum Gasteiger partial charge on any atom is -0.497 e. The van der Waals surface area contributed by atoms with Crippen LogP contribution in [0, 0.1) is 15.9 Å². The number of nitrogens with zero attached hydrogens (tertiary/aromatic N) is 3. The van der Waals surface area contributed by atoms with Crippen LogP contribution >= 0.6 is 0 Å². The number of methoxy groups -OCH3 is 1. The first-order chi connectivity index (χ1) is 10.4. The molecule has 0 aliphatic carbocycles. The van der Waals surface area contributed by atoms with Crippen molar-refractivity contribution in [1.29, 1.82) is 0 Å². The summed E-state index contributed by atoms with van der Waals surface area (Å²) < 4.78 is 20.2. The second kappa shape index (κ2) is 6.39. The fraction of sp³-hybridized carbons (Fsp3) is 0.308. The number of hydrogen-bond acceptors (Lipinski definition) is 6. The highest BCUT2D eigenvalue weighted by molar-refractivity contribution is 5.65. The summed E-state index contributed by atoms with van der Waals surface area (Å²) in [5, 5.41) is 27.6. The quantitative estimate of drug-likeness (QED) is 0.621. The zero-order valence-corrected chi connectivity index (χ0v) is 12.0.